The topological polar surface area (TPSA) is 61.5 Å². The van der Waals surface area contributed by atoms with Gasteiger partial charge in [-0.15, -0.1) is 0 Å². The van der Waals surface area contributed by atoms with E-state index in [9.17, 15) is 4.79 Å². The average molecular weight is 356 g/mol. The molecule has 1 fully saturated rings. The van der Waals surface area contributed by atoms with Gasteiger partial charge in [0, 0.05) is 12.0 Å². The summed E-state index contributed by atoms with van der Waals surface area (Å²) in [6.45, 7) is 0.388. The number of methoxy groups -OCH3 is 2. The summed E-state index contributed by atoms with van der Waals surface area (Å²) in [5.41, 5.74) is 6.10. The third-order valence-corrected chi connectivity index (χ3v) is 5.16. The lowest BCUT2D eigenvalue weighted by Gasteiger charge is -2.35. The highest BCUT2D eigenvalue weighted by atomic mass is 79.9. The predicted molar refractivity (Wildman–Crippen MR) is 86.1 cm³/mol. The van der Waals surface area contributed by atoms with Gasteiger partial charge in [0.25, 0.3) is 0 Å². The van der Waals surface area contributed by atoms with Crippen LogP contribution in [0, 0.1) is 5.41 Å². The minimum Gasteiger partial charge on any atom is -0.495 e. The van der Waals surface area contributed by atoms with Crippen molar-refractivity contribution in [2.45, 2.75) is 32.1 Å². The Morgan fingerprint density at radius 1 is 1.24 bits per heavy atom. The number of ketones is 1. The number of halogens is 1. The van der Waals surface area contributed by atoms with Gasteiger partial charge in [0.15, 0.2) is 5.78 Å². The second-order valence-corrected chi connectivity index (χ2v) is 6.33. The Hall–Kier alpha value is -1.07. The summed E-state index contributed by atoms with van der Waals surface area (Å²) in [5.74, 6) is 1.26. The van der Waals surface area contributed by atoms with E-state index in [-0.39, 0.29) is 5.78 Å². The van der Waals surface area contributed by atoms with E-state index >= 15 is 0 Å². The molecule has 0 saturated heterocycles. The summed E-state index contributed by atoms with van der Waals surface area (Å²) in [5, 5.41) is 0. The van der Waals surface area contributed by atoms with Crippen LogP contribution in [0.4, 0.5) is 0 Å². The van der Waals surface area contributed by atoms with E-state index in [1.165, 1.54) is 6.42 Å². The Labute approximate surface area is 134 Å². The Bertz CT molecular complexity index is 524. The van der Waals surface area contributed by atoms with E-state index in [4.69, 9.17) is 15.2 Å². The zero-order valence-electron chi connectivity index (χ0n) is 12.6. The van der Waals surface area contributed by atoms with Gasteiger partial charge in [-0.2, -0.15) is 0 Å². The summed E-state index contributed by atoms with van der Waals surface area (Å²) in [6, 6.07) is 3.56. The summed E-state index contributed by atoms with van der Waals surface area (Å²) >= 11 is 3.45. The lowest BCUT2D eigenvalue weighted by atomic mass is 9.69. The maximum Gasteiger partial charge on any atom is 0.174 e. The molecular formula is C16H22BrNO3. The number of ether oxygens (including phenoxy) is 2. The third kappa shape index (κ3) is 2.94. The monoisotopic (exact) mass is 355 g/mol. The van der Waals surface area contributed by atoms with Crippen molar-refractivity contribution >= 4 is 21.7 Å². The molecule has 0 amide bonds. The number of carbonyl (C=O) groups excluding carboxylic acids is 1. The predicted octanol–water partition coefficient (Wildman–Crippen LogP) is 3.56. The van der Waals surface area contributed by atoms with Crippen LogP contribution in [0.3, 0.4) is 0 Å². The first-order valence-corrected chi connectivity index (χ1v) is 8.04. The molecule has 1 aliphatic rings. The molecule has 4 nitrogen and oxygen atoms in total. The lowest BCUT2D eigenvalue weighted by Crippen LogP contribution is -2.40. The molecule has 2 N–H and O–H groups in total. The highest BCUT2D eigenvalue weighted by Gasteiger charge is 2.40. The van der Waals surface area contributed by atoms with E-state index in [1.54, 1.807) is 26.4 Å². The van der Waals surface area contributed by atoms with E-state index in [1.807, 2.05) is 0 Å². The number of hydrogen-bond acceptors (Lipinski definition) is 4. The summed E-state index contributed by atoms with van der Waals surface area (Å²) in [4.78, 5) is 13.1. The van der Waals surface area contributed by atoms with Gasteiger partial charge in [-0.3, -0.25) is 4.79 Å². The molecule has 1 aliphatic carbocycles. The zero-order chi connectivity index (χ0) is 15.5. The Morgan fingerprint density at radius 2 is 1.90 bits per heavy atom. The van der Waals surface area contributed by atoms with Gasteiger partial charge in [0.1, 0.15) is 16.0 Å². The van der Waals surface area contributed by atoms with Crippen molar-refractivity contribution in [3.05, 3.63) is 22.2 Å². The van der Waals surface area contributed by atoms with Crippen LogP contribution in [0.25, 0.3) is 0 Å². The second-order valence-electron chi connectivity index (χ2n) is 5.54. The number of Topliss-reactive ketones (excluding diaryl/α,β-unsaturated/α-hetero) is 1. The fraction of sp³-hybridized carbons (Fsp3) is 0.562. The van der Waals surface area contributed by atoms with Crippen molar-refractivity contribution in [2.75, 3.05) is 20.8 Å². The first kappa shape index (κ1) is 16.3. The molecule has 0 atom stereocenters. The molecule has 1 aromatic carbocycles. The van der Waals surface area contributed by atoms with E-state index < -0.39 is 5.41 Å². The van der Waals surface area contributed by atoms with Gasteiger partial charge in [0.05, 0.1) is 19.8 Å². The van der Waals surface area contributed by atoms with Crippen molar-refractivity contribution < 1.29 is 14.3 Å². The molecule has 1 saturated carbocycles. The molecular weight excluding hydrogens is 334 g/mol. The molecule has 0 unspecified atom stereocenters. The molecule has 1 aromatic rings. The van der Waals surface area contributed by atoms with Crippen LogP contribution in [0.2, 0.25) is 0 Å². The van der Waals surface area contributed by atoms with Crippen LogP contribution in [0.1, 0.15) is 42.5 Å². The molecule has 2 rings (SSSR count). The number of carbonyl (C=O) groups is 1. The summed E-state index contributed by atoms with van der Waals surface area (Å²) in [6.07, 6.45) is 5.01. The van der Waals surface area contributed by atoms with Gasteiger partial charge in [-0.1, -0.05) is 19.3 Å². The van der Waals surface area contributed by atoms with Crippen molar-refractivity contribution in [2.24, 2.45) is 11.1 Å². The van der Waals surface area contributed by atoms with Crippen LogP contribution in [0.15, 0.2) is 16.6 Å². The number of nitrogens with two attached hydrogens (primary N) is 1. The molecule has 5 heteroatoms. The quantitative estimate of drug-likeness (QED) is 0.820. The fourth-order valence-electron chi connectivity index (χ4n) is 3.11. The SMILES string of the molecule is COc1ccc(C(=O)C2(CN)CCCCC2)c(OC)c1Br. The van der Waals surface area contributed by atoms with Crippen LogP contribution in [-0.2, 0) is 0 Å². The largest absolute Gasteiger partial charge is 0.495 e. The first-order chi connectivity index (χ1) is 10.1. The van der Waals surface area contributed by atoms with Crippen LogP contribution >= 0.6 is 15.9 Å². The average Bonchev–Trinajstić information content (AvgIpc) is 2.54. The van der Waals surface area contributed by atoms with Crippen LogP contribution < -0.4 is 15.2 Å². The molecule has 0 aromatic heterocycles. The second kappa shape index (κ2) is 6.79. The third-order valence-electron chi connectivity index (χ3n) is 4.41. The van der Waals surface area contributed by atoms with Crippen molar-refractivity contribution in [3.8, 4) is 11.5 Å². The van der Waals surface area contributed by atoms with Crippen molar-refractivity contribution in [3.63, 3.8) is 0 Å². The number of rotatable bonds is 5. The van der Waals surface area contributed by atoms with Crippen molar-refractivity contribution in [1.29, 1.82) is 0 Å². The lowest BCUT2D eigenvalue weighted by molar-refractivity contribution is 0.0726. The molecule has 0 bridgehead atoms. The standard InChI is InChI=1S/C16H22BrNO3/c1-20-12-7-6-11(14(21-2)13(12)17)15(19)16(10-18)8-4-3-5-9-16/h6-7H,3-5,8-10,18H2,1-2H3. The molecule has 116 valence electrons. The summed E-state index contributed by atoms with van der Waals surface area (Å²) < 4.78 is 11.4. The van der Waals surface area contributed by atoms with E-state index in [0.29, 0.717) is 28.1 Å². The minimum atomic E-state index is -0.445. The maximum absolute atomic E-state index is 13.1. The molecule has 0 radical (unpaired) electrons. The first-order valence-electron chi connectivity index (χ1n) is 7.25. The van der Waals surface area contributed by atoms with Crippen LogP contribution in [-0.4, -0.2) is 26.5 Å². The van der Waals surface area contributed by atoms with Gasteiger partial charge in [0.2, 0.25) is 0 Å². The fourth-order valence-corrected chi connectivity index (χ4v) is 3.78. The summed E-state index contributed by atoms with van der Waals surface area (Å²) in [7, 11) is 3.15. The normalized spacial score (nSPS) is 17.3. The molecule has 0 spiro atoms. The highest BCUT2D eigenvalue weighted by molar-refractivity contribution is 9.10. The van der Waals surface area contributed by atoms with Gasteiger partial charge in [-0.25, -0.2) is 0 Å². The van der Waals surface area contributed by atoms with E-state index in [2.05, 4.69) is 15.9 Å². The number of hydrogen-bond donors (Lipinski definition) is 1. The van der Waals surface area contributed by atoms with E-state index in [0.717, 1.165) is 25.7 Å². The molecule has 0 aliphatic heterocycles. The molecule has 21 heavy (non-hydrogen) atoms. The zero-order valence-corrected chi connectivity index (χ0v) is 14.2. The Balaban J connectivity index is 2.45. The number of benzene rings is 1. The Morgan fingerprint density at radius 3 is 2.43 bits per heavy atom. The molecule has 0 heterocycles. The Kier molecular flexibility index (Phi) is 5.27. The van der Waals surface area contributed by atoms with Gasteiger partial charge >= 0.3 is 0 Å². The van der Waals surface area contributed by atoms with Crippen molar-refractivity contribution in [1.82, 2.24) is 0 Å². The highest BCUT2D eigenvalue weighted by Crippen LogP contribution is 2.43. The minimum absolute atomic E-state index is 0.0879. The smallest absolute Gasteiger partial charge is 0.174 e. The van der Waals surface area contributed by atoms with Gasteiger partial charge < -0.3 is 15.2 Å². The van der Waals surface area contributed by atoms with Gasteiger partial charge in [-0.05, 0) is 40.9 Å². The van der Waals surface area contributed by atoms with Crippen LogP contribution in [0.5, 0.6) is 11.5 Å². The maximum atomic E-state index is 13.1.